The molecule has 0 radical (unpaired) electrons. The van der Waals surface area contributed by atoms with Gasteiger partial charge in [0.05, 0.1) is 18.0 Å². The van der Waals surface area contributed by atoms with E-state index in [0.717, 1.165) is 30.7 Å². The minimum atomic E-state index is -4.35. The van der Waals surface area contributed by atoms with E-state index in [-0.39, 0.29) is 12.0 Å². The van der Waals surface area contributed by atoms with Gasteiger partial charge in [-0.1, -0.05) is 0 Å². The number of piperidine rings is 1. The summed E-state index contributed by atoms with van der Waals surface area (Å²) in [6.07, 6.45) is -0.511. The van der Waals surface area contributed by atoms with Crippen molar-refractivity contribution in [1.82, 2.24) is 4.90 Å². The van der Waals surface area contributed by atoms with E-state index in [0.29, 0.717) is 57.8 Å². The molecule has 1 aromatic rings. The van der Waals surface area contributed by atoms with Crippen LogP contribution in [0.3, 0.4) is 0 Å². The molecule has 0 aromatic heterocycles. The SMILES string of the molecule is O=C1OC2(CCN(c3ccc(C(F)(F)F)cc3)CC2)CN1C[C@H]1CC[C@H](C(=O)O)CC1. The van der Waals surface area contributed by atoms with Gasteiger partial charge in [0, 0.05) is 38.2 Å². The number of ether oxygens (including phenoxy) is 1. The molecule has 2 aliphatic heterocycles. The van der Waals surface area contributed by atoms with Crippen molar-refractivity contribution in [2.75, 3.05) is 31.1 Å². The fourth-order valence-electron chi connectivity index (χ4n) is 5.03. The summed E-state index contributed by atoms with van der Waals surface area (Å²) in [5.41, 5.74) is -0.473. The normalized spacial score (nSPS) is 26.2. The molecule has 1 N–H and O–H groups in total. The lowest BCUT2D eigenvalue weighted by Gasteiger charge is -2.38. The molecule has 0 unspecified atom stereocenters. The van der Waals surface area contributed by atoms with Crippen molar-refractivity contribution in [3.8, 4) is 0 Å². The molecule has 1 spiro atoms. The highest BCUT2D eigenvalue weighted by molar-refractivity contribution is 5.71. The first kappa shape index (κ1) is 21.8. The number of amides is 1. The number of hydrogen-bond donors (Lipinski definition) is 1. The maximum atomic E-state index is 12.8. The Morgan fingerprint density at radius 2 is 1.71 bits per heavy atom. The molecular weight excluding hydrogens is 413 g/mol. The van der Waals surface area contributed by atoms with E-state index in [1.807, 2.05) is 4.90 Å². The Balaban J connectivity index is 1.30. The minimum Gasteiger partial charge on any atom is -0.481 e. The molecule has 1 aromatic carbocycles. The lowest BCUT2D eigenvalue weighted by atomic mass is 9.81. The molecule has 1 amide bonds. The number of alkyl halides is 3. The number of anilines is 1. The Hall–Kier alpha value is -2.45. The fraction of sp³-hybridized carbons (Fsp3) is 0.636. The first-order valence-electron chi connectivity index (χ1n) is 10.8. The van der Waals surface area contributed by atoms with Crippen LogP contribution in [0.2, 0.25) is 0 Å². The quantitative estimate of drug-likeness (QED) is 0.752. The first-order valence-corrected chi connectivity index (χ1v) is 10.8. The lowest BCUT2D eigenvalue weighted by molar-refractivity contribution is -0.143. The van der Waals surface area contributed by atoms with Gasteiger partial charge in [-0.3, -0.25) is 4.79 Å². The number of aliphatic carboxylic acids is 1. The molecule has 2 heterocycles. The number of carbonyl (C=O) groups excluding carboxylic acids is 1. The molecule has 1 saturated carbocycles. The van der Waals surface area contributed by atoms with Gasteiger partial charge in [0.1, 0.15) is 5.60 Å². The van der Waals surface area contributed by atoms with E-state index in [4.69, 9.17) is 9.84 Å². The molecule has 9 heteroatoms. The van der Waals surface area contributed by atoms with Gasteiger partial charge < -0.3 is 19.6 Å². The van der Waals surface area contributed by atoms with E-state index in [1.165, 1.54) is 12.1 Å². The van der Waals surface area contributed by atoms with E-state index in [2.05, 4.69) is 0 Å². The topological polar surface area (TPSA) is 70.1 Å². The molecule has 31 heavy (non-hydrogen) atoms. The number of rotatable bonds is 4. The largest absolute Gasteiger partial charge is 0.481 e. The summed E-state index contributed by atoms with van der Waals surface area (Å²) in [4.78, 5) is 27.3. The molecule has 4 rings (SSSR count). The second-order valence-corrected chi connectivity index (χ2v) is 9.02. The molecule has 0 bridgehead atoms. The minimum absolute atomic E-state index is 0.275. The first-order chi connectivity index (χ1) is 14.7. The van der Waals surface area contributed by atoms with Crippen molar-refractivity contribution >= 4 is 17.7 Å². The highest BCUT2D eigenvalue weighted by Crippen LogP contribution is 2.37. The molecule has 170 valence electrons. The van der Waals surface area contributed by atoms with E-state index in [1.54, 1.807) is 4.90 Å². The molecule has 3 aliphatic rings. The van der Waals surface area contributed by atoms with Crippen molar-refractivity contribution in [3.63, 3.8) is 0 Å². The third-order valence-corrected chi connectivity index (χ3v) is 6.95. The maximum absolute atomic E-state index is 12.8. The number of hydrogen-bond acceptors (Lipinski definition) is 4. The highest BCUT2D eigenvalue weighted by atomic mass is 19.4. The molecule has 0 atom stereocenters. The van der Waals surface area contributed by atoms with Gasteiger partial charge in [-0.05, 0) is 55.9 Å². The van der Waals surface area contributed by atoms with Crippen LogP contribution >= 0.6 is 0 Å². The van der Waals surface area contributed by atoms with E-state index < -0.39 is 23.3 Å². The van der Waals surface area contributed by atoms with Gasteiger partial charge in [0.2, 0.25) is 0 Å². The number of carboxylic acids is 1. The predicted octanol–water partition coefficient (Wildman–Crippen LogP) is 4.39. The van der Waals surface area contributed by atoms with Crippen molar-refractivity contribution < 1.29 is 32.6 Å². The second-order valence-electron chi connectivity index (χ2n) is 9.02. The summed E-state index contributed by atoms with van der Waals surface area (Å²) in [5, 5.41) is 9.13. The van der Waals surface area contributed by atoms with Gasteiger partial charge in [0.25, 0.3) is 0 Å². The van der Waals surface area contributed by atoms with Gasteiger partial charge in [-0.25, -0.2) is 4.79 Å². The van der Waals surface area contributed by atoms with Gasteiger partial charge in [-0.15, -0.1) is 0 Å². The number of carboxylic acid groups (broad SMARTS) is 1. The summed E-state index contributed by atoms with van der Waals surface area (Å²) in [6, 6.07) is 5.16. The van der Waals surface area contributed by atoms with Crippen LogP contribution in [0.4, 0.5) is 23.7 Å². The Kier molecular flexibility index (Phi) is 5.79. The number of nitrogens with zero attached hydrogens (tertiary/aromatic N) is 2. The van der Waals surface area contributed by atoms with E-state index >= 15 is 0 Å². The summed E-state index contributed by atoms with van der Waals surface area (Å²) in [6.45, 7) is 2.33. The number of halogens is 3. The molecule has 3 fully saturated rings. The third-order valence-electron chi connectivity index (χ3n) is 6.95. The monoisotopic (exact) mass is 440 g/mol. The standard InChI is InChI=1S/C22H27F3N2O4/c23-22(24,25)17-5-7-18(8-6-17)26-11-9-21(10-12-26)14-27(20(30)31-21)13-15-1-3-16(4-2-15)19(28)29/h5-8,15-16H,1-4,9-14H2,(H,28,29)/t15-,16-. The fourth-order valence-corrected chi connectivity index (χ4v) is 5.03. The van der Waals surface area contributed by atoms with Crippen molar-refractivity contribution in [1.29, 1.82) is 0 Å². The van der Waals surface area contributed by atoms with Crippen LogP contribution in [-0.2, 0) is 15.7 Å². The van der Waals surface area contributed by atoms with Gasteiger partial charge in [0.15, 0.2) is 0 Å². The van der Waals surface area contributed by atoms with Crippen LogP contribution in [0.5, 0.6) is 0 Å². The van der Waals surface area contributed by atoms with Crippen molar-refractivity contribution in [2.24, 2.45) is 11.8 Å². The lowest BCUT2D eigenvalue weighted by Crippen LogP contribution is -2.47. The molecule has 1 aliphatic carbocycles. The summed E-state index contributed by atoms with van der Waals surface area (Å²) >= 11 is 0. The summed E-state index contributed by atoms with van der Waals surface area (Å²) < 4.78 is 44.1. The zero-order valence-corrected chi connectivity index (χ0v) is 17.2. The van der Waals surface area contributed by atoms with Crippen molar-refractivity contribution in [2.45, 2.75) is 50.3 Å². The van der Waals surface area contributed by atoms with Crippen LogP contribution in [0.1, 0.15) is 44.1 Å². The average Bonchev–Trinajstić information content (AvgIpc) is 3.03. The van der Waals surface area contributed by atoms with Crippen LogP contribution in [0.25, 0.3) is 0 Å². The van der Waals surface area contributed by atoms with Gasteiger partial charge in [-0.2, -0.15) is 13.2 Å². The van der Waals surface area contributed by atoms with Crippen LogP contribution < -0.4 is 4.90 Å². The zero-order chi connectivity index (χ0) is 22.2. The zero-order valence-electron chi connectivity index (χ0n) is 17.2. The Morgan fingerprint density at radius 3 is 2.26 bits per heavy atom. The number of benzene rings is 1. The Bertz CT molecular complexity index is 811. The maximum Gasteiger partial charge on any atom is 0.416 e. The molecule has 6 nitrogen and oxygen atoms in total. The molecular formula is C22H27F3N2O4. The smallest absolute Gasteiger partial charge is 0.416 e. The summed E-state index contributed by atoms with van der Waals surface area (Å²) in [5.74, 6) is -0.717. The second kappa shape index (κ2) is 8.24. The Morgan fingerprint density at radius 1 is 1.10 bits per heavy atom. The third kappa shape index (κ3) is 4.75. The average molecular weight is 440 g/mol. The predicted molar refractivity (Wildman–Crippen MR) is 107 cm³/mol. The van der Waals surface area contributed by atoms with Crippen LogP contribution in [0.15, 0.2) is 24.3 Å². The summed E-state index contributed by atoms with van der Waals surface area (Å²) in [7, 11) is 0. The van der Waals surface area contributed by atoms with E-state index in [9.17, 15) is 22.8 Å². The van der Waals surface area contributed by atoms with Gasteiger partial charge >= 0.3 is 18.2 Å². The molecule has 2 saturated heterocycles. The Labute approximate surface area is 179 Å². The van der Waals surface area contributed by atoms with Crippen LogP contribution in [-0.4, -0.2) is 53.8 Å². The van der Waals surface area contributed by atoms with Crippen molar-refractivity contribution in [3.05, 3.63) is 29.8 Å². The highest BCUT2D eigenvalue weighted by Gasteiger charge is 2.47. The number of carbonyl (C=O) groups is 2. The van der Waals surface area contributed by atoms with Crippen LogP contribution in [0, 0.1) is 11.8 Å².